The molecule has 1 aliphatic heterocycles. The number of para-hydroxylation sites is 1. The van der Waals surface area contributed by atoms with Gasteiger partial charge in [-0.1, -0.05) is 23.7 Å². The number of hydrogen-bond donors (Lipinski definition) is 3. The van der Waals surface area contributed by atoms with Crippen LogP contribution in [0.25, 0.3) is 0 Å². The van der Waals surface area contributed by atoms with E-state index in [4.69, 9.17) is 22.1 Å². The van der Waals surface area contributed by atoms with Crippen molar-refractivity contribution in [3.63, 3.8) is 0 Å². The lowest BCUT2D eigenvalue weighted by Crippen LogP contribution is -2.23. The molecule has 4 rings (SSSR count). The van der Waals surface area contributed by atoms with Gasteiger partial charge in [-0.05, 0) is 83.5 Å². The molecule has 1 fully saturated rings. The zero-order valence-corrected chi connectivity index (χ0v) is 25.3. The topological polar surface area (TPSA) is 140 Å². The molecule has 12 heteroatoms. The number of aromatic nitrogens is 2. The standard InChI is InChI=1S/C29H37ClN6O4S/c1-18(2)40-17-21-13-20(16-36-11-7-8-12-36)22(27(31)37)14-25(21)34-29-32-15-23(30)28(35-29)33-24-9-5-6-10-26(24)41(38,39)19(3)4/h5-6,9-10,13-15,18-19H,7-8,11-12,16-17H2,1-4H3,(H2,31,37)(H2,32,33,34,35). The molecule has 0 saturated carbocycles. The molecule has 1 saturated heterocycles. The average molecular weight is 601 g/mol. The summed E-state index contributed by atoms with van der Waals surface area (Å²) in [5, 5.41) is 5.84. The first-order valence-corrected chi connectivity index (χ1v) is 15.6. The van der Waals surface area contributed by atoms with Crippen molar-refractivity contribution in [1.29, 1.82) is 0 Å². The summed E-state index contributed by atoms with van der Waals surface area (Å²) >= 11 is 6.41. The number of amides is 1. The Balaban J connectivity index is 1.69. The van der Waals surface area contributed by atoms with Crippen molar-refractivity contribution < 1.29 is 17.9 Å². The van der Waals surface area contributed by atoms with Gasteiger partial charge in [-0.25, -0.2) is 13.4 Å². The number of carbonyl (C=O) groups is 1. The number of nitrogens with zero attached hydrogens (tertiary/aromatic N) is 3. The van der Waals surface area contributed by atoms with Gasteiger partial charge < -0.3 is 21.1 Å². The molecule has 3 aromatic rings. The number of rotatable bonds is 12. The van der Waals surface area contributed by atoms with Gasteiger partial charge in [-0.2, -0.15) is 4.98 Å². The Kier molecular flexibility index (Phi) is 9.85. The van der Waals surface area contributed by atoms with Gasteiger partial charge in [-0.15, -0.1) is 0 Å². The van der Waals surface area contributed by atoms with Gasteiger partial charge in [0.2, 0.25) is 11.9 Å². The van der Waals surface area contributed by atoms with E-state index in [1.807, 2.05) is 19.9 Å². The average Bonchev–Trinajstić information content (AvgIpc) is 3.43. The molecule has 0 spiro atoms. The number of nitrogens with one attached hydrogen (secondary N) is 2. The number of primary amides is 1. The molecule has 0 atom stereocenters. The molecule has 1 amide bonds. The fourth-order valence-corrected chi connectivity index (χ4v) is 5.90. The van der Waals surface area contributed by atoms with E-state index in [0.29, 0.717) is 30.1 Å². The van der Waals surface area contributed by atoms with Crippen LogP contribution in [0.2, 0.25) is 5.02 Å². The molecule has 0 radical (unpaired) electrons. The van der Waals surface area contributed by atoms with Crippen LogP contribution in [0.3, 0.4) is 0 Å². The Morgan fingerprint density at radius 1 is 1.07 bits per heavy atom. The summed E-state index contributed by atoms with van der Waals surface area (Å²) in [4.78, 5) is 23.8. The lowest BCUT2D eigenvalue weighted by molar-refractivity contribution is 0.0659. The number of carbonyl (C=O) groups excluding carboxylic acids is 1. The van der Waals surface area contributed by atoms with Crippen LogP contribution in [0.1, 0.15) is 62.0 Å². The highest BCUT2D eigenvalue weighted by Crippen LogP contribution is 2.32. The first kappa shape index (κ1) is 30.7. The number of sulfone groups is 1. The maximum absolute atomic E-state index is 12.9. The van der Waals surface area contributed by atoms with E-state index in [-0.39, 0.29) is 27.8 Å². The largest absolute Gasteiger partial charge is 0.374 e. The number of nitrogens with two attached hydrogens (primary N) is 1. The summed E-state index contributed by atoms with van der Waals surface area (Å²) < 4.78 is 31.8. The van der Waals surface area contributed by atoms with Crippen molar-refractivity contribution in [3.8, 4) is 0 Å². The molecule has 220 valence electrons. The van der Waals surface area contributed by atoms with Gasteiger partial charge in [-0.3, -0.25) is 9.69 Å². The molecule has 1 aliphatic rings. The first-order chi connectivity index (χ1) is 19.5. The molecular formula is C29H37ClN6O4S. The number of benzene rings is 2. The van der Waals surface area contributed by atoms with Crippen LogP contribution in [0.15, 0.2) is 47.5 Å². The highest BCUT2D eigenvalue weighted by atomic mass is 35.5. The number of anilines is 4. The van der Waals surface area contributed by atoms with Crippen LogP contribution in [-0.2, 0) is 27.7 Å². The molecule has 0 bridgehead atoms. The zero-order valence-electron chi connectivity index (χ0n) is 23.8. The van der Waals surface area contributed by atoms with E-state index in [9.17, 15) is 13.2 Å². The van der Waals surface area contributed by atoms with Crippen LogP contribution in [0.4, 0.5) is 23.1 Å². The lowest BCUT2D eigenvalue weighted by Gasteiger charge is -2.21. The van der Waals surface area contributed by atoms with Crippen LogP contribution in [0.5, 0.6) is 0 Å². The van der Waals surface area contributed by atoms with Gasteiger partial charge in [0.25, 0.3) is 0 Å². The third kappa shape index (κ3) is 7.53. The summed E-state index contributed by atoms with van der Waals surface area (Å²) in [5.74, 6) is -0.119. The second-order valence-corrected chi connectivity index (χ2v) is 13.5. The van der Waals surface area contributed by atoms with Crippen molar-refractivity contribution in [2.45, 2.75) is 69.9 Å². The Morgan fingerprint density at radius 3 is 2.44 bits per heavy atom. The van der Waals surface area contributed by atoms with Crippen molar-refractivity contribution in [1.82, 2.24) is 14.9 Å². The lowest BCUT2D eigenvalue weighted by atomic mass is 10.0. The Bertz CT molecular complexity index is 1510. The SMILES string of the molecule is CC(C)OCc1cc(CN2CCCC2)c(C(N)=O)cc1Nc1ncc(Cl)c(Nc2ccccc2S(=O)(=O)C(C)C)n1. The Morgan fingerprint density at radius 2 is 1.78 bits per heavy atom. The minimum Gasteiger partial charge on any atom is -0.374 e. The number of ether oxygens (including phenoxy) is 1. The third-order valence-electron chi connectivity index (χ3n) is 6.82. The van der Waals surface area contributed by atoms with E-state index < -0.39 is 21.0 Å². The number of hydrogen-bond acceptors (Lipinski definition) is 9. The highest BCUT2D eigenvalue weighted by Gasteiger charge is 2.24. The van der Waals surface area contributed by atoms with Crippen molar-refractivity contribution in [2.75, 3.05) is 23.7 Å². The summed E-state index contributed by atoms with van der Waals surface area (Å²) in [6.45, 7) is 10.0. The van der Waals surface area contributed by atoms with Crippen LogP contribution < -0.4 is 16.4 Å². The number of halogens is 1. The maximum atomic E-state index is 12.9. The van der Waals surface area contributed by atoms with E-state index in [1.165, 1.54) is 6.20 Å². The monoisotopic (exact) mass is 600 g/mol. The van der Waals surface area contributed by atoms with Crippen LogP contribution in [-0.4, -0.2) is 53.6 Å². The Hall–Kier alpha value is -3.25. The second-order valence-electron chi connectivity index (χ2n) is 10.6. The summed E-state index contributed by atoms with van der Waals surface area (Å²) in [6, 6.07) is 10.3. The fourth-order valence-electron chi connectivity index (χ4n) is 4.56. The van der Waals surface area contributed by atoms with Gasteiger partial charge in [0.15, 0.2) is 15.7 Å². The molecule has 41 heavy (non-hydrogen) atoms. The van der Waals surface area contributed by atoms with Gasteiger partial charge >= 0.3 is 0 Å². The molecular weight excluding hydrogens is 564 g/mol. The molecule has 2 aromatic carbocycles. The second kappa shape index (κ2) is 13.2. The van der Waals surface area contributed by atoms with Crippen LogP contribution >= 0.6 is 11.6 Å². The Labute approximate surface area is 246 Å². The van der Waals surface area contributed by atoms with Crippen molar-refractivity contribution in [2.24, 2.45) is 5.73 Å². The molecule has 0 aliphatic carbocycles. The number of likely N-dealkylation sites (tertiary alicyclic amines) is 1. The minimum atomic E-state index is -3.57. The van der Waals surface area contributed by atoms with Crippen LogP contribution in [0, 0.1) is 0 Å². The van der Waals surface area contributed by atoms with Crippen molar-refractivity contribution in [3.05, 3.63) is 64.3 Å². The third-order valence-corrected chi connectivity index (χ3v) is 9.30. The zero-order chi connectivity index (χ0) is 29.7. The predicted molar refractivity (Wildman–Crippen MR) is 162 cm³/mol. The molecule has 1 aromatic heterocycles. The van der Waals surface area contributed by atoms with Gasteiger partial charge in [0.1, 0.15) is 5.02 Å². The molecule has 4 N–H and O–H groups in total. The smallest absolute Gasteiger partial charge is 0.249 e. The first-order valence-electron chi connectivity index (χ1n) is 13.6. The highest BCUT2D eigenvalue weighted by molar-refractivity contribution is 7.92. The quantitative estimate of drug-likeness (QED) is 0.248. The van der Waals surface area contributed by atoms with E-state index in [1.54, 1.807) is 44.2 Å². The summed E-state index contributed by atoms with van der Waals surface area (Å²) in [5.41, 5.74) is 8.79. The normalized spacial score (nSPS) is 14.1. The van der Waals surface area contributed by atoms with Gasteiger partial charge in [0.05, 0.1) is 34.7 Å². The molecule has 0 unspecified atom stereocenters. The van der Waals surface area contributed by atoms with Gasteiger partial charge in [0, 0.05) is 23.4 Å². The maximum Gasteiger partial charge on any atom is 0.249 e. The fraction of sp³-hybridized carbons (Fsp3) is 0.414. The van der Waals surface area contributed by atoms with E-state index in [0.717, 1.165) is 37.1 Å². The van der Waals surface area contributed by atoms with E-state index in [2.05, 4.69) is 25.5 Å². The van der Waals surface area contributed by atoms with E-state index >= 15 is 0 Å². The summed E-state index contributed by atoms with van der Waals surface area (Å²) in [6.07, 6.45) is 3.67. The minimum absolute atomic E-state index is 0.00882. The summed E-state index contributed by atoms with van der Waals surface area (Å²) in [7, 11) is -3.57. The van der Waals surface area contributed by atoms with Crippen molar-refractivity contribution >= 4 is 50.5 Å². The molecule has 10 nitrogen and oxygen atoms in total. The predicted octanol–water partition coefficient (Wildman–Crippen LogP) is 5.42. The molecule has 2 heterocycles.